The number of nitrogens with two attached hydrogens (primary N) is 1. The topological polar surface area (TPSA) is 55.6 Å². The SMILES string of the molecule is COC1CN(C(=O)C2(CN)CC(C)C2)CCC1C. The zero-order chi connectivity index (χ0) is 13.3. The van der Waals surface area contributed by atoms with Crippen LogP contribution in [0.25, 0.3) is 0 Å². The second kappa shape index (κ2) is 5.17. The summed E-state index contributed by atoms with van der Waals surface area (Å²) >= 11 is 0. The van der Waals surface area contributed by atoms with Crippen LogP contribution in [0, 0.1) is 17.3 Å². The normalized spacial score (nSPS) is 40.4. The lowest BCUT2D eigenvalue weighted by molar-refractivity contribution is -0.154. The molecule has 0 aromatic rings. The molecule has 2 rings (SSSR count). The zero-order valence-corrected chi connectivity index (χ0v) is 11.8. The van der Waals surface area contributed by atoms with E-state index in [0.717, 1.165) is 32.4 Å². The van der Waals surface area contributed by atoms with Crippen LogP contribution in [0.4, 0.5) is 0 Å². The van der Waals surface area contributed by atoms with E-state index in [9.17, 15) is 4.79 Å². The molecule has 2 atom stereocenters. The third kappa shape index (κ3) is 2.28. The van der Waals surface area contributed by atoms with E-state index in [1.807, 2.05) is 4.90 Å². The molecule has 1 aliphatic carbocycles. The van der Waals surface area contributed by atoms with Gasteiger partial charge in [0.05, 0.1) is 11.5 Å². The molecular formula is C14H26N2O2. The number of hydrogen-bond donors (Lipinski definition) is 1. The van der Waals surface area contributed by atoms with Crippen LogP contribution < -0.4 is 5.73 Å². The minimum atomic E-state index is -0.266. The van der Waals surface area contributed by atoms with Crippen molar-refractivity contribution in [1.82, 2.24) is 4.90 Å². The van der Waals surface area contributed by atoms with E-state index >= 15 is 0 Å². The monoisotopic (exact) mass is 254 g/mol. The van der Waals surface area contributed by atoms with E-state index in [-0.39, 0.29) is 17.4 Å². The van der Waals surface area contributed by atoms with Crippen molar-refractivity contribution < 1.29 is 9.53 Å². The first-order valence-electron chi connectivity index (χ1n) is 7.04. The Morgan fingerprint density at radius 3 is 2.61 bits per heavy atom. The Hall–Kier alpha value is -0.610. The van der Waals surface area contributed by atoms with E-state index < -0.39 is 0 Å². The Balaban J connectivity index is 2.01. The van der Waals surface area contributed by atoms with Gasteiger partial charge in [-0.15, -0.1) is 0 Å². The average molecular weight is 254 g/mol. The number of amides is 1. The van der Waals surface area contributed by atoms with Gasteiger partial charge >= 0.3 is 0 Å². The lowest BCUT2D eigenvalue weighted by Gasteiger charge is -2.48. The van der Waals surface area contributed by atoms with Crippen LogP contribution in [0.2, 0.25) is 0 Å². The van der Waals surface area contributed by atoms with Crippen molar-refractivity contribution in [3.05, 3.63) is 0 Å². The summed E-state index contributed by atoms with van der Waals surface area (Å²) in [5.41, 5.74) is 5.59. The van der Waals surface area contributed by atoms with Crippen LogP contribution in [-0.4, -0.2) is 43.7 Å². The number of rotatable bonds is 3. The van der Waals surface area contributed by atoms with Crippen LogP contribution in [0.5, 0.6) is 0 Å². The number of likely N-dealkylation sites (tertiary alicyclic amines) is 1. The van der Waals surface area contributed by atoms with Crippen molar-refractivity contribution in [3.8, 4) is 0 Å². The van der Waals surface area contributed by atoms with E-state index in [2.05, 4.69) is 13.8 Å². The number of carbonyl (C=O) groups is 1. The van der Waals surface area contributed by atoms with Crippen LogP contribution in [0.1, 0.15) is 33.1 Å². The van der Waals surface area contributed by atoms with E-state index in [0.29, 0.717) is 18.4 Å². The molecular weight excluding hydrogens is 228 g/mol. The summed E-state index contributed by atoms with van der Waals surface area (Å²) in [6.07, 6.45) is 3.11. The Morgan fingerprint density at radius 2 is 2.11 bits per heavy atom. The van der Waals surface area contributed by atoms with Crippen LogP contribution >= 0.6 is 0 Å². The molecule has 1 saturated carbocycles. The molecule has 4 heteroatoms. The van der Waals surface area contributed by atoms with Crippen molar-refractivity contribution >= 4 is 5.91 Å². The molecule has 104 valence electrons. The van der Waals surface area contributed by atoms with Gasteiger partial charge in [0.1, 0.15) is 0 Å². The van der Waals surface area contributed by atoms with Crippen LogP contribution in [0.3, 0.4) is 0 Å². The molecule has 0 spiro atoms. The van der Waals surface area contributed by atoms with Gasteiger partial charge in [-0.05, 0) is 31.1 Å². The second-order valence-electron chi connectivity index (χ2n) is 6.29. The third-order valence-electron chi connectivity index (χ3n) is 4.80. The highest BCUT2D eigenvalue weighted by atomic mass is 16.5. The molecule has 2 fully saturated rings. The second-order valence-corrected chi connectivity index (χ2v) is 6.29. The van der Waals surface area contributed by atoms with E-state index in [1.165, 1.54) is 0 Å². The number of methoxy groups -OCH3 is 1. The van der Waals surface area contributed by atoms with Gasteiger partial charge in [-0.3, -0.25) is 4.79 Å². The van der Waals surface area contributed by atoms with Crippen molar-refractivity contribution in [2.75, 3.05) is 26.7 Å². The summed E-state index contributed by atoms with van der Waals surface area (Å²) in [5, 5.41) is 0. The highest BCUT2D eigenvalue weighted by molar-refractivity contribution is 5.84. The molecule has 1 amide bonds. The summed E-state index contributed by atoms with van der Waals surface area (Å²) in [4.78, 5) is 14.6. The highest BCUT2D eigenvalue weighted by Gasteiger charge is 2.49. The van der Waals surface area contributed by atoms with E-state index in [1.54, 1.807) is 7.11 Å². The molecule has 0 bridgehead atoms. The first kappa shape index (κ1) is 13.8. The minimum absolute atomic E-state index is 0.176. The van der Waals surface area contributed by atoms with E-state index in [4.69, 9.17) is 10.5 Å². The summed E-state index contributed by atoms with van der Waals surface area (Å²) in [6.45, 7) is 6.46. The maximum absolute atomic E-state index is 12.6. The first-order valence-corrected chi connectivity index (χ1v) is 7.04. The fourth-order valence-corrected chi connectivity index (χ4v) is 3.56. The van der Waals surface area contributed by atoms with Crippen molar-refractivity contribution in [2.24, 2.45) is 23.0 Å². The molecule has 2 unspecified atom stereocenters. The average Bonchev–Trinajstić information content (AvgIpc) is 2.34. The molecule has 18 heavy (non-hydrogen) atoms. The number of hydrogen-bond acceptors (Lipinski definition) is 3. The van der Waals surface area contributed by atoms with Gasteiger partial charge in [0.25, 0.3) is 0 Å². The highest BCUT2D eigenvalue weighted by Crippen LogP contribution is 2.46. The quantitative estimate of drug-likeness (QED) is 0.824. The molecule has 4 nitrogen and oxygen atoms in total. The first-order chi connectivity index (χ1) is 8.52. The zero-order valence-electron chi connectivity index (χ0n) is 11.8. The summed E-state index contributed by atoms with van der Waals surface area (Å²) in [5.74, 6) is 1.43. The standard InChI is InChI=1S/C14H26N2O2/c1-10-6-14(7-10,9-15)13(17)16-5-4-11(2)12(8-16)18-3/h10-12H,4-9,15H2,1-3H3. The summed E-state index contributed by atoms with van der Waals surface area (Å²) in [6, 6.07) is 0. The molecule has 1 heterocycles. The predicted octanol–water partition coefficient (Wildman–Crippen LogP) is 1.24. The molecule has 1 aliphatic heterocycles. The number of carbonyl (C=O) groups excluding carboxylic acids is 1. The number of piperidine rings is 1. The Morgan fingerprint density at radius 1 is 1.44 bits per heavy atom. The molecule has 0 aromatic heterocycles. The van der Waals surface area contributed by atoms with Gasteiger partial charge in [0.15, 0.2) is 0 Å². The minimum Gasteiger partial charge on any atom is -0.379 e. The fraction of sp³-hybridized carbons (Fsp3) is 0.929. The van der Waals surface area contributed by atoms with Crippen molar-refractivity contribution in [2.45, 2.75) is 39.2 Å². The Bertz CT molecular complexity index is 313. The Labute approximate surface area is 110 Å². The maximum Gasteiger partial charge on any atom is 0.230 e. The van der Waals surface area contributed by atoms with Gasteiger partial charge in [-0.1, -0.05) is 13.8 Å². The Kier molecular flexibility index (Phi) is 3.97. The van der Waals surface area contributed by atoms with Crippen LogP contribution in [-0.2, 0) is 9.53 Å². The van der Waals surface area contributed by atoms with Gasteiger partial charge < -0.3 is 15.4 Å². The van der Waals surface area contributed by atoms with Gasteiger partial charge in [0, 0.05) is 26.7 Å². The van der Waals surface area contributed by atoms with Gasteiger partial charge in [-0.25, -0.2) is 0 Å². The van der Waals surface area contributed by atoms with Gasteiger partial charge in [0.2, 0.25) is 5.91 Å². The third-order valence-corrected chi connectivity index (χ3v) is 4.80. The maximum atomic E-state index is 12.6. The number of ether oxygens (including phenoxy) is 1. The van der Waals surface area contributed by atoms with Crippen molar-refractivity contribution in [3.63, 3.8) is 0 Å². The summed E-state index contributed by atoms with van der Waals surface area (Å²) in [7, 11) is 1.74. The molecule has 0 aromatic carbocycles. The number of nitrogens with zero attached hydrogens (tertiary/aromatic N) is 1. The summed E-state index contributed by atoms with van der Waals surface area (Å²) < 4.78 is 5.48. The van der Waals surface area contributed by atoms with Gasteiger partial charge in [-0.2, -0.15) is 0 Å². The fourth-order valence-electron chi connectivity index (χ4n) is 3.56. The molecule has 2 N–H and O–H groups in total. The molecule has 2 aliphatic rings. The molecule has 0 radical (unpaired) electrons. The largest absolute Gasteiger partial charge is 0.379 e. The van der Waals surface area contributed by atoms with Crippen molar-refractivity contribution in [1.29, 1.82) is 0 Å². The lowest BCUT2D eigenvalue weighted by atomic mass is 9.61. The lowest BCUT2D eigenvalue weighted by Crippen LogP contribution is -2.58. The van der Waals surface area contributed by atoms with Crippen LogP contribution in [0.15, 0.2) is 0 Å². The smallest absolute Gasteiger partial charge is 0.230 e. The predicted molar refractivity (Wildman–Crippen MR) is 71.0 cm³/mol. The molecule has 1 saturated heterocycles.